The van der Waals surface area contributed by atoms with Crippen LogP contribution in [-0.4, -0.2) is 39.0 Å². The summed E-state index contributed by atoms with van der Waals surface area (Å²) < 4.78 is 8.39. The maximum atomic E-state index is 12.3. The molecule has 0 aliphatic carbocycles. The van der Waals surface area contributed by atoms with Crippen LogP contribution in [0.25, 0.3) is 5.69 Å². The highest BCUT2D eigenvalue weighted by molar-refractivity contribution is 9.11. The van der Waals surface area contributed by atoms with E-state index in [9.17, 15) is 4.79 Å². The Labute approximate surface area is 170 Å². The van der Waals surface area contributed by atoms with Crippen LogP contribution in [0.15, 0.2) is 56.6 Å². The van der Waals surface area contributed by atoms with E-state index in [1.165, 1.54) is 11.8 Å². The molecule has 1 amide bonds. The highest BCUT2D eigenvalue weighted by Crippen LogP contribution is 2.34. The van der Waals surface area contributed by atoms with Crippen LogP contribution < -0.4 is 10.1 Å². The van der Waals surface area contributed by atoms with Gasteiger partial charge in [-0.05, 0) is 60.5 Å². The normalized spacial score (nSPS) is 10.6. The molecule has 7 nitrogen and oxygen atoms in total. The molecule has 0 radical (unpaired) electrons. The number of hydrogen-bond acceptors (Lipinski definition) is 6. The Hall–Kier alpha value is -1.91. The molecule has 10 heteroatoms. The number of carbonyl (C=O) groups excluding carboxylic acids is 1. The number of thioether (sulfide) groups is 1. The molecule has 0 aliphatic rings. The zero-order chi connectivity index (χ0) is 18.5. The third-order valence-electron chi connectivity index (χ3n) is 3.29. The fourth-order valence-electron chi connectivity index (χ4n) is 2.10. The van der Waals surface area contributed by atoms with E-state index in [0.717, 1.165) is 14.6 Å². The van der Waals surface area contributed by atoms with Crippen LogP contribution in [0.5, 0.6) is 5.75 Å². The standard InChI is InChI=1S/C16H13Br2N5O2S/c1-25-14-8-13(11(17)7-12(14)18)19-15(24)9-26-16-20-21-22-23(16)10-5-3-2-4-6-10/h2-8H,9H2,1H3,(H,19,24). The van der Waals surface area contributed by atoms with Gasteiger partial charge in [-0.1, -0.05) is 30.0 Å². The zero-order valence-electron chi connectivity index (χ0n) is 13.5. The predicted molar refractivity (Wildman–Crippen MR) is 107 cm³/mol. The SMILES string of the molecule is COc1cc(NC(=O)CSc2nnnn2-c2ccccc2)c(Br)cc1Br. The number of ether oxygens (including phenoxy) is 1. The Kier molecular flexibility index (Phi) is 6.28. The van der Waals surface area contributed by atoms with Gasteiger partial charge in [0.15, 0.2) is 0 Å². The molecule has 0 bridgehead atoms. The lowest BCUT2D eigenvalue weighted by Crippen LogP contribution is -2.15. The van der Waals surface area contributed by atoms with Crippen molar-refractivity contribution in [2.24, 2.45) is 0 Å². The van der Waals surface area contributed by atoms with E-state index in [0.29, 0.717) is 16.6 Å². The van der Waals surface area contributed by atoms with Gasteiger partial charge >= 0.3 is 0 Å². The van der Waals surface area contributed by atoms with Crippen LogP contribution in [0.4, 0.5) is 5.69 Å². The Morgan fingerprint density at radius 3 is 2.73 bits per heavy atom. The monoisotopic (exact) mass is 497 g/mol. The van der Waals surface area contributed by atoms with Gasteiger partial charge in [-0.25, -0.2) is 0 Å². The molecule has 3 aromatic rings. The number of tetrazole rings is 1. The second-order valence-electron chi connectivity index (χ2n) is 5.01. The largest absolute Gasteiger partial charge is 0.495 e. The Bertz CT molecular complexity index is 920. The van der Waals surface area contributed by atoms with E-state index in [1.54, 1.807) is 17.9 Å². The molecule has 0 saturated heterocycles. The molecule has 0 aliphatic heterocycles. The van der Waals surface area contributed by atoms with Crippen LogP contribution >= 0.6 is 43.6 Å². The molecule has 134 valence electrons. The van der Waals surface area contributed by atoms with Gasteiger partial charge in [0.2, 0.25) is 11.1 Å². The van der Waals surface area contributed by atoms with Crippen molar-refractivity contribution in [3.63, 3.8) is 0 Å². The molecular formula is C16H13Br2N5O2S. The summed E-state index contributed by atoms with van der Waals surface area (Å²) in [5.41, 5.74) is 1.46. The highest BCUT2D eigenvalue weighted by Gasteiger charge is 2.14. The van der Waals surface area contributed by atoms with Crippen LogP contribution in [0.2, 0.25) is 0 Å². The van der Waals surface area contributed by atoms with Gasteiger partial charge in [-0.15, -0.1) is 5.10 Å². The number of hydrogen-bond donors (Lipinski definition) is 1. The first kappa shape index (κ1) is 18.9. The molecule has 0 fully saturated rings. The minimum absolute atomic E-state index is 0.165. The van der Waals surface area contributed by atoms with E-state index < -0.39 is 0 Å². The van der Waals surface area contributed by atoms with E-state index in [2.05, 4.69) is 52.7 Å². The number of rotatable bonds is 6. The van der Waals surface area contributed by atoms with Gasteiger partial charge in [0.05, 0.1) is 28.7 Å². The summed E-state index contributed by atoms with van der Waals surface area (Å²) in [6, 6.07) is 13.1. The molecule has 3 rings (SSSR count). The number of nitrogens with one attached hydrogen (secondary N) is 1. The van der Waals surface area contributed by atoms with Crippen molar-refractivity contribution in [2.45, 2.75) is 5.16 Å². The molecule has 2 aromatic carbocycles. The van der Waals surface area contributed by atoms with E-state index in [1.807, 2.05) is 36.4 Å². The van der Waals surface area contributed by atoms with E-state index in [4.69, 9.17) is 4.74 Å². The third kappa shape index (κ3) is 4.43. The topological polar surface area (TPSA) is 81.9 Å². The average Bonchev–Trinajstić information content (AvgIpc) is 3.11. The number of anilines is 1. The summed E-state index contributed by atoms with van der Waals surface area (Å²) in [5.74, 6) is 0.616. The second kappa shape index (κ2) is 8.65. The lowest BCUT2D eigenvalue weighted by molar-refractivity contribution is -0.113. The third-order valence-corrected chi connectivity index (χ3v) is 5.48. The number of amides is 1. The van der Waals surface area contributed by atoms with E-state index in [-0.39, 0.29) is 11.7 Å². The number of methoxy groups -OCH3 is 1. The van der Waals surface area contributed by atoms with Crippen molar-refractivity contribution in [2.75, 3.05) is 18.2 Å². The smallest absolute Gasteiger partial charge is 0.234 e. The van der Waals surface area contributed by atoms with Gasteiger partial charge in [0.1, 0.15) is 5.75 Å². The maximum Gasteiger partial charge on any atom is 0.234 e. The summed E-state index contributed by atoms with van der Waals surface area (Å²) in [6.07, 6.45) is 0. The van der Waals surface area contributed by atoms with Crippen molar-refractivity contribution >= 4 is 55.2 Å². The second-order valence-corrected chi connectivity index (χ2v) is 7.66. The molecule has 0 atom stereocenters. The molecular weight excluding hydrogens is 486 g/mol. The van der Waals surface area contributed by atoms with Crippen molar-refractivity contribution in [1.29, 1.82) is 0 Å². The van der Waals surface area contributed by atoms with Crippen LogP contribution in [-0.2, 0) is 4.79 Å². The Balaban J connectivity index is 1.67. The number of halogens is 2. The number of nitrogens with zero attached hydrogens (tertiary/aromatic N) is 4. The van der Waals surface area contributed by atoms with Crippen molar-refractivity contribution in [3.05, 3.63) is 51.4 Å². The fraction of sp³-hybridized carbons (Fsp3) is 0.125. The first-order chi connectivity index (χ1) is 12.6. The molecule has 0 saturated carbocycles. The molecule has 1 aromatic heterocycles. The molecule has 1 heterocycles. The summed E-state index contributed by atoms with van der Waals surface area (Å²) in [6.45, 7) is 0. The first-order valence-corrected chi connectivity index (χ1v) is 9.95. The van der Waals surface area contributed by atoms with E-state index >= 15 is 0 Å². The van der Waals surface area contributed by atoms with Crippen molar-refractivity contribution in [1.82, 2.24) is 20.2 Å². The molecule has 0 spiro atoms. The van der Waals surface area contributed by atoms with Crippen molar-refractivity contribution in [3.8, 4) is 11.4 Å². The summed E-state index contributed by atoms with van der Waals surface area (Å²) >= 11 is 8.08. The van der Waals surface area contributed by atoms with Gasteiger partial charge in [0.25, 0.3) is 0 Å². The summed E-state index contributed by atoms with van der Waals surface area (Å²) in [4.78, 5) is 12.3. The molecule has 0 unspecified atom stereocenters. The Morgan fingerprint density at radius 1 is 1.23 bits per heavy atom. The minimum atomic E-state index is -0.178. The fourth-order valence-corrected chi connectivity index (χ4v) is 4.04. The van der Waals surface area contributed by atoms with Gasteiger partial charge in [-0.3, -0.25) is 4.79 Å². The number of para-hydroxylation sites is 1. The van der Waals surface area contributed by atoms with Crippen LogP contribution in [0.3, 0.4) is 0 Å². The lowest BCUT2D eigenvalue weighted by Gasteiger charge is -2.11. The minimum Gasteiger partial charge on any atom is -0.495 e. The Morgan fingerprint density at radius 2 is 2.00 bits per heavy atom. The summed E-state index contributed by atoms with van der Waals surface area (Å²) in [7, 11) is 1.57. The summed E-state index contributed by atoms with van der Waals surface area (Å²) in [5, 5.41) is 15.0. The van der Waals surface area contributed by atoms with Gasteiger partial charge in [-0.2, -0.15) is 4.68 Å². The molecule has 26 heavy (non-hydrogen) atoms. The number of aromatic nitrogens is 4. The van der Waals surface area contributed by atoms with Gasteiger partial charge < -0.3 is 10.1 Å². The van der Waals surface area contributed by atoms with Gasteiger partial charge in [0, 0.05) is 10.5 Å². The lowest BCUT2D eigenvalue weighted by atomic mass is 10.3. The maximum absolute atomic E-state index is 12.3. The van der Waals surface area contributed by atoms with Crippen molar-refractivity contribution < 1.29 is 9.53 Å². The van der Waals surface area contributed by atoms with Crippen LogP contribution in [0, 0.1) is 0 Å². The average molecular weight is 499 g/mol. The predicted octanol–water partition coefficient (Wildman–Crippen LogP) is 3.93. The quantitative estimate of drug-likeness (QED) is 0.518. The van der Waals surface area contributed by atoms with Crippen LogP contribution in [0.1, 0.15) is 0 Å². The zero-order valence-corrected chi connectivity index (χ0v) is 17.5. The number of benzene rings is 2. The molecule has 1 N–H and O–H groups in total. The highest BCUT2D eigenvalue weighted by atomic mass is 79.9. The number of carbonyl (C=O) groups is 1. The first-order valence-electron chi connectivity index (χ1n) is 7.38.